The Morgan fingerprint density at radius 2 is 1.45 bits per heavy atom. The predicted molar refractivity (Wildman–Crippen MR) is 128 cm³/mol. The van der Waals surface area contributed by atoms with Gasteiger partial charge in [0.15, 0.2) is 5.78 Å². The Labute approximate surface area is 193 Å². The van der Waals surface area contributed by atoms with Crippen molar-refractivity contribution < 1.29 is 14.3 Å². The minimum absolute atomic E-state index is 0.136. The molecule has 3 aromatic rings. The van der Waals surface area contributed by atoms with Crippen molar-refractivity contribution in [2.24, 2.45) is 0 Å². The number of para-hydroxylation sites is 1. The summed E-state index contributed by atoms with van der Waals surface area (Å²) < 4.78 is 6.36. The Hall–Kier alpha value is -3.86. The fourth-order valence-corrected chi connectivity index (χ4v) is 4.63. The van der Waals surface area contributed by atoms with Crippen LogP contribution in [0.25, 0.3) is 5.70 Å². The first kappa shape index (κ1) is 21.0. The van der Waals surface area contributed by atoms with Crippen LogP contribution in [0.5, 0.6) is 5.75 Å². The summed E-state index contributed by atoms with van der Waals surface area (Å²) in [6.07, 6.45) is 4.52. The largest absolute Gasteiger partial charge is 0.490 e. The highest BCUT2D eigenvalue weighted by Gasteiger charge is 2.35. The lowest BCUT2D eigenvalue weighted by molar-refractivity contribution is 0.102. The molecule has 2 N–H and O–H groups in total. The summed E-state index contributed by atoms with van der Waals surface area (Å²) in [6.45, 7) is 0. The van der Waals surface area contributed by atoms with Gasteiger partial charge in [-0.3, -0.25) is 4.79 Å². The molecular formula is C28H26N2O3. The molecule has 1 unspecified atom stereocenters. The number of hydrogen-bond acceptors (Lipinski definition) is 3. The van der Waals surface area contributed by atoms with E-state index >= 15 is 0 Å². The second-order valence-electron chi connectivity index (χ2n) is 8.44. The van der Waals surface area contributed by atoms with E-state index < -0.39 is 6.04 Å². The lowest BCUT2D eigenvalue weighted by Gasteiger charge is -2.31. The van der Waals surface area contributed by atoms with Crippen LogP contribution in [0.2, 0.25) is 0 Å². The van der Waals surface area contributed by atoms with Crippen molar-refractivity contribution in [3.8, 4) is 5.75 Å². The van der Waals surface area contributed by atoms with Crippen LogP contribution < -0.4 is 15.4 Å². The average molecular weight is 439 g/mol. The van der Waals surface area contributed by atoms with E-state index in [0.29, 0.717) is 22.6 Å². The third kappa shape index (κ3) is 4.40. The number of carbonyl (C=O) groups excluding carboxylic acids is 2. The number of hydrogen-bond donors (Lipinski definition) is 2. The van der Waals surface area contributed by atoms with E-state index in [0.717, 1.165) is 36.8 Å². The van der Waals surface area contributed by atoms with Crippen molar-refractivity contribution in [2.75, 3.05) is 0 Å². The maximum absolute atomic E-state index is 13.8. The summed E-state index contributed by atoms with van der Waals surface area (Å²) in [5.74, 6) is 0.574. The van der Waals surface area contributed by atoms with Crippen LogP contribution in [0, 0.1) is 0 Å². The molecule has 33 heavy (non-hydrogen) atoms. The Morgan fingerprint density at radius 1 is 0.818 bits per heavy atom. The highest BCUT2D eigenvalue weighted by atomic mass is 16.5. The summed E-state index contributed by atoms with van der Waals surface area (Å²) >= 11 is 0. The lowest BCUT2D eigenvalue weighted by atomic mass is 9.87. The molecule has 0 radical (unpaired) electrons. The normalized spacial score (nSPS) is 18.5. The third-order valence-corrected chi connectivity index (χ3v) is 6.24. The van der Waals surface area contributed by atoms with E-state index in [1.807, 2.05) is 72.8 Å². The standard InChI is InChI=1S/C28H26N2O3/c31-27(20-13-5-2-6-14-20)24-25(19-11-3-1-4-12-19)29-28(32)30-26(24)22-17-9-10-18-23(22)33-21-15-7-8-16-21/h1-6,9-14,17-18,21,26H,7-8,15-16H2,(H2,29,30,32). The van der Waals surface area contributed by atoms with E-state index in [9.17, 15) is 9.59 Å². The molecule has 2 aliphatic rings. The predicted octanol–water partition coefficient (Wildman–Crippen LogP) is 5.66. The van der Waals surface area contributed by atoms with Crippen LogP contribution in [-0.2, 0) is 0 Å². The Morgan fingerprint density at radius 3 is 2.18 bits per heavy atom. The van der Waals surface area contributed by atoms with Crippen LogP contribution >= 0.6 is 0 Å². The van der Waals surface area contributed by atoms with E-state index in [4.69, 9.17) is 4.74 Å². The van der Waals surface area contributed by atoms with Crippen LogP contribution in [0.1, 0.15) is 53.2 Å². The number of rotatable bonds is 6. The zero-order valence-corrected chi connectivity index (χ0v) is 18.3. The zero-order valence-electron chi connectivity index (χ0n) is 18.3. The molecular weight excluding hydrogens is 412 g/mol. The molecule has 0 saturated heterocycles. The van der Waals surface area contributed by atoms with Gasteiger partial charge in [0.25, 0.3) is 0 Å². The first-order valence-electron chi connectivity index (χ1n) is 11.4. The van der Waals surface area contributed by atoms with Gasteiger partial charge >= 0.3 is 6.03 Å². The van der Waals surface area contributed by atoms with Gasteiger partial charge in [-0.05, 0) is 37.3 Å². The van der Waals surface area contributed by atoms with Crippen molar-refractivity contribution >= 4 is 17.5 Å². The fourth-order valence-electron chi connectivity index (χ4n) is 4.63. The average Bonchev–Trinajstić information content (AvgIpc) is 3.38. The molecule has 0 bridgehead atoms. The lowest BCUT2D eigenvalue weighted by Crippen LogP contribution is -2.45. The number of benzene rings is 3. The number of Topliss-reactive ketones (excluding diaryl/α,β-unsaturated/α-hetero) is 1. The molecule has 0 spiro atoms. The number of ether oxygens (including phenoxy) is 1. The third-order valence-electron chi connectivity index (χ3n) is 6.24. The van der Waals surface area contributed by atoms with Crippen molar-refractivity contribution in [3.05, 3.63) is 107 Å². The van der Waals surface area contributed by atoms with Crippen LogP contribution in [0.15, 0.2) is 90.5 Å². The highest BCUT2D eigenvalue weighted by molar-refractivity contribution is 6.16. The van der Waals surface area contributed by atoms with Gasteiger partial charge in [0, 0.05) is 11.1 Å². The molecule has 2 amide bonds. The number of carbonyl (C=O) groups is 2. The summed E-state index contributed by atoms with van der Waals surface area (Å²) in [7, 11) is 0. The second kappa shape index (κ2) is 9.33. The van der Waals surface area contributed by atoms with Gasteiger partial charge in [-0.1, -0.05) is 78.9 Å². The van der Waals surface area contributed by atoms with Crippen molar-refractivity contribution in [1.82, 2.24) is 10.6 Å². The quantitative estimate of drug-likeness (QED) is 0.488. The van der Waals surface area contributed by atoms with Crippen molar-refractivity contribution in [1.29, 1.82) is 0 Å². The summed E-state index contributed by atoms with van der Waals surface area (Å²) in [6, 6.07) is 25.4. The second-order valence-corrected chi connectivity index (χ2v) is 8.44. The smallest absolute Gasteiger partial charge is 0.320 e. The van der Waals surface area contributed by atoms with E-state index in [1.165, 1.54) is 0 Å². The minimum atomic E-state index is -0.640. The summed E-state index contributed by atoms with van der Waals surface area (Å²) in [5.41, 5.74) is 3.15. The molecule has 5 nitrogen and oxygen atoms in total. The molecule has 1 aliphatic carbocycles. The van der Waals surface area contributed by atoms with Crippen LogP contribution in [0.3, 0.4) is 0 Å². The van der Waals surface area contributed by atoms with Gasteiger partial charge in [0.1, 0.15) is 5.75 Å². The van der Waals surface area contributed by atoms with Crippen molar-refractivity contribution in [2.45, 2.75) is 37.8 Å². The SMILES string of the molecule is O=C1NC(c2ccccc2)=C(C(=O)c2ccccc2)C(c2ccccc2OC2CCCC2)N1. The van der Waals surface area contributed by atoms with Crippen LogP contribution in [-0.4, -0.2) is 17.9 Å². The van der Waals surface area contributed by atoms with E-state index in [1.54, 1.807) is 12.1 Å². The number of nitrogens with one attached hydrogen (secondary N) is 2. The molecule has 1 saturated carbocycles. The van der Waals surface area contributed by atoms with E-state index in [2.05, 4.69) is 10.6 Å². The molecule has 1 heterocycles. The first-order chi connectivity index (χ1) is 16.2. The Bertz CT molecular complexity index is 1180. The maximum atomic E-state index is 13.8. The highest BCUT2D eigenvalue weighted by Crippen LogP contribution is 2.38. The van der Waals surface area contributed by atoms with Gasteiger partial charge in [0.05, 0.1) is 23.4 Å². The maximum Gasteiger partial charge on any atom is 0.320 e. The van der Waals surface area contributed by atoms with Gasteiger partial charge in [-0.2, -0.15) is 0 Å². The van der Waals surface area contributed by atoms with Crippen LogP contribution in [0.4, 0.5) is 4.79 Å². The fraction of sp³-hybridized carbons (Fsp3) is 0.214. The van der Waals surface area contributed by atoms with Crippen molar-refractivity contribution in [3.63, 3.8) is 0 Å². The first-order valence-corrected chi connectivity index (χ1v) is 11.4. The molecule has 1 atom stereocenters. The van der Waals surface area contributed by atoms with Gasteiger partial charge in [-0.25, -0.2) is 4.79 Å². The minimum Gasteiger partial charge on any atom is -0.490 e. The molecule has 166 valence electrons. The molecule has 1 fully saturated rings. The Kier molecular flexibility index (Phi) is 5.94. The van der Waals surface area contributed by atoms with Gasteiger partial charge in [0.2, 0.25) is 0 Å². The van der Waals surface area contributed by atoms with Gasteiger partial charge < -0.3 is 15.4 Å². The van der Waals surface area contributed by atoms with E-state index in [-0.39, 0.29) is 17.9 Å². The number of urea groups is 1. The monoisotopic (exact) mass is 438 g/mol. The summed E-state index contributed by atoms with van der Waals surface area (Å²) in [5, 5.41) is 5.88. The summed E-state index contributed by atoms with van der Waals surface area (Å²) in [4.78, 5) is 26.6. The molecule has 3 aromatic carbocycles. The molecule has 5 heteroatoms. The number of ketones is 1. The molecule has 1 aliphatic heterocycles. The molecule has 5 rings (SSSR count). The topological polar surface area (TPSA) is 67.4 Å². The Balaban J connectivity index is 1.66. The van der Waals surface area contributed by atoms with Gasteiger partial charge in [-0.15, -0.1) is 0 Å². The zero-order chi connectivity index (χ0) is 22.6. The number of amides is 2. The molecule has 0 aromatic heterocycles.